The number of sulfone groups is 1. The number of carbonyl (C=O) groups is 1. The van der Waals surface area contributed by atoms with Gasteiger partial charge in [-0.3, -0.25) is 4.79 Å². The van der Waals surface area contributed by atoms with Gasteiger partial charge < -0.3 is 5.32 Å². The van der Waals surface area contributed by atoms with Crippen molar-refractivity contribution in [1.82, 2.24) is 5.32 Å². The van der Waals surface area contributed by atoms with Gasteiger partial charge in [-0.25, -0.2) is 26.0 Å². The molecule has 0 fully saturated rings. The molecule has 0 aliphatic heterocycles. The van der Waals surface area contributed by atoms with Crippen LogP contribution in [0.1, 0.15) is 24.2 Å². The highest BCUT2D eigenvalue weighted by molar-refractivity contribution is 7.92. The molecule has 1 aromatic carbocycles. The Morgan fingerprint density at radius 2 is 1.45 bits per heavy atom. The van der Waals surface area contributed by atoms with Crippen LogP contribution in [0.4, 0.5) is 17.6 Å². The third-order valence-corrected chi connectivity index (χ3v) is 4.78. The van der Waals surface area contributed by atoms with Gasteiger partial charge in [0.1, 0.15) is 4.90 Å². The fourth-order valence-electron chi connectivity index (χ4n) is 1.44. The summed E-state index contributed by atoms with van der Waals surface area (Å²) in [6, 6.07) is 0. The quantitative estimate of drug-likeness (QED) is 0.400. The zero-order valence-corrected chi connectivity index (χ0v) is 11.5. The van der Waals surface area contributed by atoms with E-state index in [1.807, 2.05) is 5.32 Å². The summed E-state index contributed by atoms with van der Waals surface area (Å²) in [4.78, 5) is 9.99. The lowest BCUT2D eigenvalue weighted by Crippen LogP contribution is -2.27. The lowest BCUT2D eigenvalue weighted by molar-refractivity contribution is 0.0952. The second-order valence-electron chi connectivity index (χ2n) is 4.13. The van der Waals surface area contributed by atoms with Gasteiger partial charge in [-0.1, -0.05) is 0 Å². The van der Waals surface area contributed by atoms with Gasteiger partial charge in [-0.15, -0.1) is 0 Å². The first-order valence-corrected chi connectivity index (χ1v) is 6.93. The fourth-order valence-corrected chi connectivity index (χ4v) is 2.72. The summed E-state index contributed by atoms with van der Waals surface area (Å²) < 4.78 is 77.6. The Balaban J connectivity index is 3.97. The molecular formula is C11H11F4NO3S. The molecule has 112 valence electrons. The minimum atomic E-state index is -4.54. The van der Waals surface area contributed by atoms with Crippen molar-refractivity contribution in [2.75, 3.05) is 7.05 Å². The lowest BCUT2D eigenvalue weighted by Gasteiger charge is -2.15. The van der Waals surface area contributed by atoms with Crippen molar-refractivity contribution in [1.29, 1.82) is 0 Å². The van der Waals surface area contributed by atoms with Crippen molar-refractivity contribution in [3.8, 4) is 0 Å². The van der Waals surface area contributed by atoms with Gasteiger partial charge in [-0.05, 0) is 13.8 Å². The van der Waals surface area contributed by atoms with Gasteiger partial charge in [0.25, 0.3) is 5.91 Å². The Labute approximate surface area is 112 Å². The Morgan fingerprint density at radius 3 is 1.85 bits per heavy atom. The number of hydrogen-bond acceptors (Lipinski definition) is 3. The molecule has 1 aromatic rings. The Hall–Kier alpha value is -1.64. The largest absolute Gasteiger partial charge is 0.355 e. The van der Waals surface area contributed by atoms with E-state index in [1.54, 1.807) is 0 Å². The van der Waals surface area contributed by atoms with Gasteiger partial charge in [0.15, 0.2) is 33.1 Å². The van der Waals surface area contributed by atoms with Crippen LogP contribution < -0.4 is 5.32 Å². The monoisotopic (exact) mass is 313 g/mol. The Kier molecular flexibility index (Phi) is 4.42. The summed E-state index contributed by atoms with van der Waals surface area (Å²) in [6.45, 7) is 2.25. The molecule has 1 amide bonds. The van der Waals surface area contributed by atoms with E-state index in [4.69, 9.17) is 0 Å². The van der Waals surface area contributed by atoms with E-state index in [0.29, 0.717) is 0 Å². The van der Waals surface area contributed by atoms with E-state index in [9.17, 15) is 30.8 Å². The molecule has 0 heterocycles. The van der Waals surface area contributed by atoms with Gasteiger partial charge in [-0.2, -0.15) is 0 Å². The zero-order chi connectivity index (χ0) is 15.8. The summed E-state index contributed by atoms with van der Waals surface area (Å²) in [7, 11) is -3.53. The smallest absolute Gasteiger partial charge is 0.255 e. The molecule has 0 aliphatic carbocycles. The van der Waals surface area contributed by atoms with E-state index in [2.05, 4.69) is 0 Å². The van der Waals surface area contributed by atoms with E-state index < -0.39 is 54.7 Å². The maximum absolute atomic E-state index is 13.7. The maximum atomic E-state index is 13.7. The second-order valence-corrected chi connectivity index (χ2v) is 6.57. The van der Waals surface area contributed by atoms with Crippen LogP contribution in [-0.2, 0) is 9.84 Å². The summed E-state index contributed by atoms with van der Waals surface area (Å²) >= 11 is 0. The molecule has 0 bridgehead atoms. The summed E-state index contributed by atoms with van der Waals surface area (Å²) in [5, 5.41) is 0.589. The van der Waals surface area contributed by atoms with Crippen molar-refractivity contribution in [3.05, 3.63) is 28.8 Å². The molecule has 0 unspecified atom stereocenters. The maximum Gasteiger partial charge on any atom is 0.255 e. The highest BCUT2D eigenvalue weighted by Crippen LogP contribution is 2.30. The average molecular weight is 313 g/mol. The van der Waals surface area contributed by atoms with E-state index in [1.165, 1.54) is 0 Å². The molecular weight excluding hydrogens is 302 g/mol. The molecule has 1 N–H and O–H groups in total. The van der Waals surface area contributed by atoms with Crippen LogP contribution in [0.25, 0.3) is 0 Å². The van der Waals surface area contributed by atoms with Gasteiger partial charge in [0.2, 0.25) is 0 Å². The van der Waals surface area contributed by atoms with Crippen molar-refractivity contribution in [2.24, 2.45) is 0 Å². The minimum Gasteiger partial charge on any atom is -0.355 e. The number of carbonyl (C=O) groups excluding carboxylic acids is 1. The molecule has 0 aliphatic rings. The van der Waals surface area contributed by atoms with E-state index in [0.717, 1.165) is 20.9 Å². The number of nitrogens with one attached hydrogen (secondary N) is 1. The fraction of sp³-hybridized carbons (Fsp3) is 0.364. The van der Waals surface area contributed by atoms with E-state index in [-0.39, 0.29) is 0 Å². The van der Waals surface area contributed by atoms with E-state index >= 15 is 0 Å². The lowest BCUT2D eigenvalue weighted by atomic mass is 10.1. The molecule has 0 atom stereocenters. The normalized spacial score (nSPS) is 11.8. The molecule has 1 rings (SSSR count). The van der Waals surface area contributed by atoms with Crippen molar-refractivity contribution in [3.63, 3.8) is 0 Å². The first-order chi connectivity index (χ1) is 9.07. The predicted molar refractivity (Wildman–Crippen MR) is 62.0 cm³/mol. The molecule has 20 heavy (non-hydrogen) atoms. The standard InChI is InChI=1S/C11H11F4NO3S/c1-4(2)20(18,19)10-5(11(17)16-3)6(12)7(13)8(14)9(10)15/h4H,1-3H3,(H,16,17). The summed E-state index contributed by atoms with van der Waals surface area (Å²) in [5.41, 5.74) is -1.38. The number of amides is 1. The molecule has 9 heteroatoms. The van der Waals surface area contributed by atoms with Gasteiger partial charge in [0, 0.05) is 7.05 Å². The second kappa shape index (κ2) is 5.39. The highest BCUT2D eigenvalue weighted by atomic mass is 32.2. The minimum absolute atomic E-state index is 1.01. The Morgan fingerprint density at radius 1 is 1.00 bits per heavy atom. The Bertz CT molecular complexity index is 671. The van der Waals surface area contributed by atoms with Crippen LogP contribution in [0, 0.1) is 23.3 Å². The van der Waals surface area contributed by atoms with Crippen LogP contribution in [0.15, 0.2) is 4.90 Å². The number of rotatable bonds is 3. The van der Waals surface area contributed by atoms with Crippen LogP contribution in [0.5, 0.6) is 0 Å². The third-order valence-electron chi connectivity index (χ3n) is 2.58. The molecule has 0 aromatic heterocycles. The molecule has 4 nitrogen and oxygen atoms in total. The van der Waals surface area contributed by atoms with Crippen LogP contribution >= 0.6 is 0 Å². The molecule has 0 saturated carbocycles. The SMILES string of the molecule is CNC(=O)c1c(F)c(F)c(F)c(F)c1S(=O)(=O)C(C)C. The number of benzene rings is 1. The average Bonchev–Trinajstić information content (AvgIpc) is 2.38. The number of hydrogen-bond donors (Lipinski definition) is 1. The van der Waals surface area contributed by atoms with Crippen molar-refractivity contribution < 1.29 is 30.8 Å². The van der Waals surface area contributed by atoms with Crippen LogP contribution in [-0.4, -0.2) is 26.6 Å². The predicted octanol–water partition coefficient (Wildman–Crippen LogP) is 1.78. The molecule has 0 radical (unpaired) electrons. The zero-order valence-electron chi connectivity index (χ0n) is 10.7. The van der Waals surface area contributed by atoms with Crippen molar-refractivity contribution in [2.45, 2.75) is 24.0 Å². The molecule has 0 spiro atoms. The van der Waals surface area contributed by atoms with Crippen LogP contribution in [0.3, 0.4) is 0 Å². The first kappa shape index (κ1) is 16.4. The third kappa shape index (κ3) is 2.37. The topological polar surface area (TPSA) is 63.2 Å². The highest BCUT2D eigenvalue weighted by Gasteiger charge is 2.36. The van der Waals surface area contributed by atoms with Gasteiger partial charge in [0.05, 0.1) is 10.8 Å². The van der Waals surface area contributed by atoms with Crippen LogP contribution in [0.2, 0.25) is 0 Å². The summed E-state index contributed by atoms with van der Waals surface area (Å²) in [5.74, 6) is -10.1. The molecule has 0 saturated heterocycles. The summed E-state index contributed by atoms with van der Waals surface area (Å²) in [6.07, 6.45) is 0. The number of halogens is 4. The first-order valence-electron chi connectivity index (χ1n) is 5.39. The van der Waals surface area contributed by atoms with Gasteiger partial charge >= 0.3 is 0 Å². The van der Waals surface area contributed by atoms with Crippen molar-refractivity contribution >= 4 is 15.7 Å².